The minimum Gasteiger partial charge on any atom is -0.466 e. The van der Waals surface area contributed by atoms with Gasteiger partial charge in [-0.1, -0.05) is 25.3 Å². The van der Waals surface area contributed by atoms with Crippen LogP contribution in [0.2, 0.25) is 0 Å². The van der Waals surface area contributed by atoms with E-state index in [1.165, 1.54) is 19.6 Å². The SMILES string of the molecule is COC(=O)C=CCC1(O)CCCCC1. The van der Waals surface area contributed by atoms with Crippen LogP contribution < -0.4 is 0 Å². The topological polar surface area (TPSA) is 46.5 Å². The van der Waals surface area contributed by atoms with Gasteiger partial charge < -0.3 is 9.84 Å². The minimum atomic E-state index is -0.581. The molecule has 14 heavy (non-hydrogen) atoms. The maximum atomic E-state index is 10.8. The Balaban J connectivity index is 2.35. The molecule has 0 amide bonds. The molecule has 80 valence electrons. The zero-order valence-corrected chi connectivity index (χ0v) is 8.66. The number of rotatable bonds is 3. The number of methoxy groups -OCH3 is 1. The van der Waals surface area contributed by atoms with Gasteiger partial charge in [0, 0.05) is 6.08 Å². The lowest BCUT2D eigenvalue weighted by molar-refractivity contribution is -0.134. The predicted molar refractivity (Wildman–Crippen MR) is 53.8 cm³/mol. The highest BCUT2D eigenvalue weighted by Gasteiger charge is 2.27. The van der Waals surface area contributed by atoms with Gasteiger partial charge in [0.05, 0.1) is 12.7 Å². The Hall–Kier alpha value is -0.830. The van der Waals surface area contributed by atoms with E-state index < -0.39 is 5.60 Å². The molecular formula is C11H18O3. The van der Waals surface area contributed by atoms with Crippen molar-refractivity contribution in [3.8, 4) is 0 Å². The van der Waals surface area contributed by atoms with E-state index >= 15 is 0 Å². The third-order valence-electron chi connectivity index (χ3n) is 2.74. The van der Waals surface area contributed by atoms with Crippen molar-refractivity contribution in [1.82, 2.24) is 0 Å². The third-order valence-corrected chi connectivity index (χ3v) is 2.74. The molecule has 0 bridgehead atoms. The Morgan fingerprint density at radius 2 is 2.07 bits per heavy atom. The first-order valence-electron chi connectivity index (χ1n) is 5.13. The van der Waals surface area contributed by atoms with Crippen LogP contribution in [0.4, 0.5) is 0 Å². The number of aliphatic hydroxyl groups is 1. The molecule has 1 aliphatic rings. The Morgan fingerprint density at radius 3 is 2.64 bits per heavy atom. The maximum Gasteiger partial charge on any atom is 0.330 e. The zero-order valence-electron chi connectivity index (χ0n) is 8.66. The fourth-order valence-electron chi connectivity index (χ4n) is 1.86. The lowest BCUT2D eigenvalue weighted by Gasteiger charge is -2.30. The second-order valence-corrected chi connectivity index (χ2v) is 3.91. The second-order valence-electron chi connectivity index (χ2n) is 3.91. The Bertz CT molecular complexity index is 215. The van der Waals surface area contributed by atoms with Crippen LogP contribution in [0.5, 0.6) is 0 Å². The molecule has 0 aromatic heterocycles. The first kappa shape index (κ1) is 11.2. The highest BCUT2D eigenvalue weighted by molar-refractivity contribution is 5.81. The van der Waals surface area contributed by atoms with E-state index in [2.05, 4.69) is 4.74 Å². The molecule has 0 aromatic carbocycles. The van der Waals surface area contributed by atoms with E-state index in [1.807, 2.05) is 0 Å². The number of carbonyl (C=O) groups is 1. The summed E-state index contributed by atoms with van der Waals surface area (Å²) < 4.78 is 4.47. The molecule has 0 saturated heterocycles. The summed E-state index contributed by atoms with van der Waals surface area (Å²) in [6.45, 7) is 0. The first-order valence-corrected chi connectivity index (χ1v) is 5.13. The van der Waals surface area contributed by atoms with E-state index in [1.54, 1.807) is 6.08 Å². The predicted octanol–water partition coefficient (Wildman–Crippen LogP) is 1.80. The van der Waals surface area contributed by atoms with Crippen LogP contribution in [0.15, 0.2) is 12.2 Å². The molecule has 1 saturated carbocycles. The number of hydrogen-bond acceptors (Lipinski definition) is 3. The molecule has 1 aliphatic carbocycles. The smallest absolute Gasteiger partial charge is 0.330 e. The van der Waals surface area contributed by atoms with Crippen LogP contribution in [-0.4, -0.2) is 23.8 Å². The van der Waals surface area contributed by atoms with E-state index in [0.29, 0.717) is 6.42 Å². The van der Waals surface area contributed by atoms with Crippen LogP contribution in [0.1, 0.15) is 38.5 Å². The van der Waals surface area contributed by atoms with E-state index in [-0.39, 0.29) is 5.97 Å². The monoisotopic (exact) mass is 198 g/mol. The summed E-state index contributed by atoms with van der Waals surface area (Å²) in [5.74, 6) is -0.357. The van der Waals surface area contributed by atoms with Crippen LogP contribution in [-0.2, 0) is 9.53 Å². The lowest BCUT2D eigenvalue weighted by Crippen LogP contribution is -2.30. The second kappa shape index (κ2) is 5.15. The summed E-state index contributed by atoms with van der Waals surface area (Å²) in [7, 11) is 1.35. The van der Waals surface area contributed by atoms with E-state index in [0.717, 1.165) is 25.7 Å². The quantitative estimate of drug-likeness (QED) is 0.555. The summed E-state index contributed by atoms with van der Waals surface area (Å²) in [4.78, 5) is 10.8. The molecular weight excluding hydrogens is 180 g/mol. The summed E-state index contributed by atoms with van der Waals surface area (Å²) in [6, 6.07) is 0. The van der Waals surface area contributed by atoms with Crippen molar-refractivity contribution in [2.75, 3.05) is 7.11 Å². The van der Waals surface area contributed by atoms with Crippen molar-refractivity contribution in [3.63, 3.8) is 0 Å². The molecule has 1 rings (SSSR count). The van der Waals surface area contributed by atoms with Gasteiger partial charge in [0.2, 0.25) is 0 Å². The highest BCUT2D eigenvalue weighted by Crippen LogP contribution is 2.30. The Morgan fingerprint density at radius 1 is 1.43 bits per heavy atom. The van der Waals surface area contributed by atoms with Gasteiger partial charge in [0.25, 0.3) is 0 Å². The number of ether oxygens (including phenoxy) is 1. The summed E-state index contributed by atoms with van der Waals surface area (Å²) in [5.41, 5.74) is -0.581. The first-order chi connectivity index (χ1) is 6.66. The molecule has 0 spiro atoms. The van der Waals surface area contributed by atoms with Crippen molar-refractivity contribution in [3.05, 3.63) is 12.2 Å². The normalized spacial score (nSPS) is 21.0. The van der Waals surface area contributed by atoms with Crippen LogP contribution in [0, 0.1) is 0 Å². The number of hydrogen-bond donors (Lipinski definition) is 1. The molecule has 0 unspecified atom stereocenters. The van der Waals surface area contributed by atoms with Crippen molar-refractivity contribution >= 4 is 5.97 Å². The fourth-order valence-corrected chi connectivity index (χ4v) is 1.86. The van der Waals surface area contributed by atoms with Gasteiger partial charge in [-0.25, -0.2) is 4.79 Å². The Labute approximate surface area is 84.8 Å². The molecule has 1 N–H and O–H groups in total. The van der Waals surface area contributed by atoms with E-state index in [4.69, 9.17) is 0 Å². The van der Waals surface area contributed by atoms with Crippen molar-refractivity contribution in [2.24, 2.45) is 0 Å². The van der Waals surface area contributed by atoms with Gasteiger partial charge in [0.15, 0.2) is 0 Å². The van der Waals surface area contributed by atoms with Crippen LogP contribution in [0.3, 0.4) is 0 Å². The van der Waals surface area contributed by atoms with Crippen molar-refractivity contribution < 1.29 is 14.6 Å². The largest absolute Gasteiger partial charge is 0.466 e. The molecule has 0 aromatic rings. The molecule has 0 atom stereocenters. The van der Waals surface area contributed by atoms with Gasteiger partial charge in [-0.2, -0.15) is 0 Å². The standard InChI is InChI=1S/C11H18O3/c1-14-10(12)6-5-9-11(13)7-3-2-4-8-11/h5-6,13H,2-4,7-9H2,1H3. The highest BCUT2D eigenvalue weighted by atomic mass is 16.5. The van der Waals surface area contributed by atoms with Gasteiger partial charge in [0.1, 0.15) is 0 Å². The van der Waals surface area contributed by atoms with E-state index in [9.17, 15) is 9.90 Å². The molecule has 3 heteroatoms. The summed E-state index contributed by atoms with van der Waals surface area (Å²) in [6.07, 6.45) is 8.72. The van der Waals surface area contributed by atoms with Crippen LogP contribution >= 0.6 is 0 Å². The van der Waals surface area contributed by atoms with Crippen molar-refractivity contribution in [2.45, 2.75) is 44.1 Å². The molecule has 0 aliphatic heterocycles. The van der Waals surface area contributed by atoms with Crippen molar-refractivity contribution in [1.29, 1.82) is 0 Å². The van der Waals surface area contributed by atoms with Gasteiger partial charge in [-0.3, -0.25) is 0 Å². The summed E-state index contributed by atoms with van der Waals surface area (Å²) >= 11 is 0. The minimum absolute atomic E-state index is 0.357. The molecule has 0 radical (unpaired) electrons. The average molecular weight is 198 g/mol. The fraction of sp³-hybridized carbons (Fsp3) is 0.727. The molecule has 0 heterocycles. The third kappa shape index (κ3) is 3.50. The maximum absolute atomic E-state index is 10.8. The van der Waals surface area contributed by atoms with Gasteiger partial charge in [-0.15, -0.1) is 0 Å². The summed E-state index contributed by atoms with van der Waals surface area (Å²) in [5, 5.41) is 10.1. The van der Waals surface area contributed by atoms with Crippen LogP contribution in [0.25, 0.3) is 0 Å². The molecule has 3 nitrogen and oxygen atoms in total. The lowest BCUT2D eigenvalue weighted by atomic mass is 9.82. The number of carbonyl (C=O) groups excluding carboxylic acids is 1. The Kier molecular flexibility index (Phi) is 4.14. The zero-order chi connectivity index (χ0) is 10.4. The number of esters is 1. The molecule has 1 fully saturated rings. The van der Waals surface area contributed by atoms with Gasteiger partial charge in [-0.05, 0) is 19.3 Å². The van der Waals surface area contributed by atoms with Gasteiger partial charge >= 0.3 is 5.97 Å². The average Bonchev–Trinajstić information content (AvgIpc) is 2.18.